The lowest BCUT2D eigenvalue weighted by molar-refractivity contribution is 0.0614. The number of ether oxygens (including phenoxy) is 2. The number of rotatable bonds is 6. The van der Waals surface area contributed by atoms with Crippen LogP contribution in [0.15, 0.2) is 18.2 Å². The van der Waals surface area contributed by atoms with Crippen LogP contribution in [-0.2, 0) is 11.2 Å². The molecule has 18 heavy (non-hydrogen) atoms. The second-order valence-corrected chi connectivity index (χ2v) is 4.88. The fourth-order valence-electron chi connectivity index (χ4n) is 2.02. The third kappa shape index (κ3) is 3.68. The van der Waals surface area contributed by atoms with Gasteiger partial charge in [0.15, 0.2) is 0 Å². The van der Waals surface area contributed by atoms with E-state index in [4.69, 9.17) is 9.47 Å². The lowest BCUT2D eigenvalue weighted by Gasteiger charge is -2.12. The Hall–Kier alpha value is -1.13. The first-order chi connectivity index (χ1) is 8.65. The Morgan fingerprint density at radius 1 is 1.50 bits per heavy atom. The number of hydrogen-bond donors (Lipinski definition) is 1. The highest BCUT2D eigenvalue weighted by Gasteiger charge is 2.23. The lowest BCUT2D eigenvalue weighted by atomic mass is 10.1. The standard InChI is InChI=1S/C14H20FNO2/c1-10(2)16-5-6-17-9-13-8-11-7-12(15)3-4-14(11)18-13/h3-4,7,10,13,16H,5-6,8-9H2,1-2H3. The van der Waals surface area contributed by atoms with Crippen molar-refractivity contribution in [1.82, 2.24) is 5.32 Å². The van der Waals surface area contributed by atoms with E-state index in [1.807, 2.05) is 0 Å². The van der Waals surface area contributed by atoms with Crippen LogP contribution in [0, 0.1) is 5.82 Å². The van der Waals surface area contributed by atoms with Crippen LogP contribution in [-0.4, -0.2) is 31.9 Å². The predicted molar refractivity (Wildman–Crippen MR) is 68.5 cm³/mol. The first-order valence-electron chi connectivity index (χ1n) is 6.41. The molecule has 1 heterocycles. The maximum Gasteiger partial charge on any atom is 0.126 e. The summed E-state index contributed by atoms with van der Waals surface area (Å²) in [4.78, 5) is 0. The molecule has 1 aromatic carbocycles. The Balaban J connectivity index is 1.68. The van der Waals surface area contributed by atoms with Crippen molar-refractivity contribution in [3.8, 4) is 5.75 Å². The van der Waals surface area contributed by atoms with Crippen LogP contribution in [0.2, 0.25) is 0 Å². The molecule has 1 unspecified atom stereocenters. The lowest BCUT2D eigenvalue weighted by Crippen LogP contribution is -2.28. The molecule has 0 spiro atoms. The molecule has 3 nitrogen and oxygen atoms in total. The molecule has 4 heteroatoms. The van der Waals surface area contributed by atoms with Crippen LogP contribution in [0.25, 0.3) is 0 Å². The van der Waals surface area contributed by atoms with Crippen molar-refractivity contribution in [2.45, 2.75) is 32.4 Å². The number of hydrogen-bond acceptors (Lipinski definition) is 3. The van der Waals surface area contributed by atoms with Gasteiger partial charge in [-0.3, -0.25) is 0 Å². The number of nitrogens with one attached hydrogen (secondary N) is 1. The molecule has 1 aromatic rings. The fourth-order valence-corrected chi connectivity index (χ4v) is 2.02. The number of halogens is 1. The summed E-state index contributed by atoms with van der Waals surface area (Å²) in [5.41, 5.74) is 0.934. The third-order valence-electron chi connectivity index (χ3n) is 2.87. The molecule has 1 atom stereocenters. The van der Waals surface area contributed by atoms with Gasteiger partial charge in [0.05, 0.1) is 13.2 Å². The summed E-state index contributed by atoms with van der Waals surface area (Å²) < 4.78 is 24.2. The van der Waals surface area contributed by atoms with E-state index >= 15 is 0 Å². The van der Waals surface area contributed by atoms with Crippen molar-refractivity contribution in [3.05, 3.63) is 29.6 Å². The highest BCUT2D eigenvalue weighted by atomic mass is 19.1. The van der Waals surface area contributed by atoms with E-state index in [0.717, 1.165) is 24.3 Å². The summed E-state index contributed by atoms with van der Waals surface area (Å²) in [6, 6.07) is 5.12. The largest absolute Gasteiger partial charge is 0.487 e. The van der Waals surface area contributed by atoms with Crippen molar-refractivity contribution >= 4 is 0 Å². The van der Waals surface area contributed by atoms with Crippen LogP contribution in [0.1, 0.15) is 19.4 Å². The van der Waals surface area contributed by atoms with Gasteiger partial charge in [-0.05, 0) is 18.2 Å². The molecule has 0 amide bonds. The zero-order valence-electron chi connectivity index (χ0n) is 10.9. The first kappa shape index (κ1) is 13.3. The fraction of sp³-hybridized carbons (Fsp3) is 0.571. The van der Waals surface area contributed by atoms with Gasteiger partial charge in [-0.15, -0.1) is 0 Å². The number of benzene rings is 1. The van der Waals surface area contributed by atoms with Crippen molar-refractivity contribution < 1.29 is 13.9 Å². The molecule has 1 aliphatic rings. The Morgan fingerprint density at radius 2 is 2.33 bits per heavy atom. The molecule has 0 aliphatic carbocycles. The Kier molecular flexibility index (Phi) is 4.55. The maximum atomic E-state index is 13.0. The molecule has 1 aliphatic heterocycles. The topological polar surface area (TPSA) is 30.5 Å². The van der Waals surface area contributed by atoms with Crippen LogP contribution in [0.3, 0.4) is 0 Å². The predicted octanol–water partition coefficient (Wildman–Crippen LogP) is 2.14. The van der Waals surface area contributed by atoms with Gasteiger partial charge in [0, 0.05) is 24.6 Å². The van der Waals surface area contributed by atoms with Gasteiger partial charge in [0.1, 0.15) is 17.7 Å². The maximum absolute atomic E-state index is 13.0. The minimum absolute atomic E-state index is 0.0147. The van der Waals surface area contributed by atoms with E-state index in [1.165, 1.54) is 12.1 Å². The average Bonchev–Trinajstić information content (AvgIpc) is 2.70. The van der Waals surface area contributed by atoms with Gasteiger partial charge >= 0.3 is 0 Å². The molecule has 0 saturated heterocycles. The molecular formula is C14H20FNO2. The zero-order valence-corrected chi connectivity index (χ0v) is 10.9. The molecule has 0 radical (unpaired) electrons. The third-order valence-corrected chi connectivity index (χ3v) is 2.87. The monoisotopic (exact) mass is 253 g/mol. The molecule has 0 saturated carbocycles. The Bertz CT molecular complexity index is 395. The van der Waals surface area contributed by atoms with Crippen LogP contribution in [0.4, 0.5) is 4.39 Å². The van der Waals surface area contributed by atoms with Gasteiger partial charge in [0.25, 0.3) is 0 Å². The van der Waals surface area contributed by atoms with Gasteiger partial charge in [-0.1, -0.05) is 13.8 Å². The zero-order chi connectivity index (χ0) is 13.0. The Labute approximate surface area is 107 Å². The van der Waals surface area contributed by atoms with E-state index in [0.29, 0.717) is 19.3 Å². The van der Waals surface area contributed by atoms with Gasteiger partial charge in [-0.2, -0.15) is 0 Å². The van der Waals surface area contributed by atoms with Crippen molar-refractivity contribution in [2.24, 2.45) is 0 Å². The summed E-state index contributed by atoms with van der Waals surface area (Å²) >= 11 is 0. The van der Waals surface area contributed by atoms with E-state index in [-0.39, 0.29) is 11.9 Å². The smallest absolute Gasteiger partial charge is 0.126 e. The molecule has 0 bridgehead atoms. The van der Waals surface area contributed by atoms with Crippen LogP contribution >= 0.6 is 0 Å². The SMILES string of the molecule is CC(C)NCCOCC1Cc2cc(F)ccc2O1. The van der Waals surface area contributed by atoms with Gasteiger partial charge < -0.3 is 14.8 Å². The number of fused-ring (bicyclic) bond motifs is 1. The van der Waals surface area contributed by atoms with Crippen molar-refractivity contribution in [3.63, 3.8) is 0 Å². The summed E-state index contributed by atoms with van der Waals surface area (Å²) in [5.74, 6) is 0.574. The second-order valence-electron chi connectivity index (χ2n) is 4.88. The van der Waals surface area contributed by atoms with Gasteiger partial charge in [-0.25, -0.2) is 4.39 Å². The summed E-state index contributed by atoms with van der Waals surface area (Å²) in [5, 5.41) is 3.28. The van der Waals surface area contributed by atoms with Gasteiger partial charge in [0.2, 0.25) is 0 Å². The summed E-state index contributed by atoms with van der Waals surface area (Å²) in [6.07, 6.45) is 0.742. The molecule has 1 N–H and O–H groups in total. The average molecular weight is 253 g/mol. The van der Waals surface area contributed by atoms with Crippen molar-refractivity contribution in [1.29, 1.82) is 0 Å². The first-order valence-corrected chi connectivity index (χ1v) is 6.41. The summed E-state index contributed by atoms with van der Waals surface area (Å²) in [6.45, 7) is 6.27. The second kappa shape index (κ2) is 6.16. The van der Waals surface area contributed by atoms with Crippen molar-refractivity contribution in [2.75, 3.05) is 19.8 Å². The molecule has 2 rings (SSSR count). The highest BCUT2D eigenvalue weighted by molar-refractivity contribution is 5.37. The molecule has 0 aromatic heterocycles. The quantitative estimate of drug-likeness (QED) is 0.788. The Morgan fingerprint density at radius 3 is 3.11 bits per heavy atom. The minimum Gasteiger partial charge on any atom is -0.487 e. The minimum atomic E-state index is -0.208. The summed E-state index contributed by atoms with van der Waals surface area (Å²) in [7, 11) is 0. The van der Waals surface area contributed by atoms with Crippen LogP contribution in [0.5, 0.6) is 5.75 Å². The van der Waals surface area contributed by atoms with E-state index < -0.39 is 0 Å². The molecule has 0 fully saturated rings. The highest BCUT2D eigenvalue weighted by Crippen LogP contribution is 2.29. The van der Waals surface area contributed by atoms with E-state index in [9.17, 15) is 4.39 Å². The normalized spacial score (nSPS) is 17.9. The van der Waals surface area contributed by atoms with Crippen LogP contribution < -0.4 is 10.1 Å². The molecular weight excluding hydrogens is 233 g/mol. The van der Waals surface area contributed by atoms with E-state index in [1.54, 1.807) is 6.07 Å². The van der Waals surface area contributed by atoms with E-state index in [2.05, 4.69) is 19.2 Å². The molecule has 100 valence electrons.